The van der Waals surface area contributed by atoms with Crippen molar-refractivity contribution in [2.24, 2.45) is 5.92 Å². The zero-order chi connectivity index (χ0) is 9.84. The number of carbonyl (C=O) groups excluding carboxylic acids is 1. The Kier molecular flexibility index (Phi) is 3.25. The van der Waals surface area contributed by atoms with Crippen LogP contribution < -0.4 is 0 Å². The van der Waals surface area contributed by atoms with E-state index in [1.807, 2.05) is 0 Å². The van der Waals surface area contributed by atoms with Crippen LogP contribution in [0.5, 0.6) is 0 Å². The molecule has 1 saturated heterocycles. The second-order valence-electron chi connectivity index (χ2n) is 2.78. The van der Waals surface area contributed by atoms with Crippen molar-refractivity contribution in [1.82, 2.24) is 0 Å². The summed E-state index contributed by atoms with van der Waals surface area (Å²) in [6, 6.07) is 0. The molecule has 0 aromatic carbocycles. The van der Waals surface area contributed by atoms with E-state index < -0.39 is 24.0 Å². The van der Waals surface area contributed by atoms with Gasteiger partial charge in [-0.3, -0.25) is 4.79 Å². The number of carboxylic acid groups (broad SMARTS) is 1. The van der Waals surface area contributed by atoms with Gasteiger partial charge in [-0.25, -0.2) is 4.79 Å². The number of ether oxygens (including phenoxy) is 2. The molecule has 1 fully saturated rings. The lowest BCUT2D eigenvalue weighted by Gasteiger charge is -2.12. The van der Waals surface area contributed by atoms with Gasteiger partial charge in [0.15, 0.2) is 6.10 Å². The molecule has 5 nitrogen and oxygen atoms in total. The molecule has 1 aliphatic heterocycles. The average molecular weight is 188 g/mol. The van der Waals surface area contributed by atoms with Crippen LogP contribution in [0.2, 0.25) is 0 Å². The summed E-state index contributed by atoms with van der Waals surface area (Å²) < 4.78 is 9.66. The third kappa shape index (κ3) is 2.18. The summed E-state index contributed by atoms with van der Waals surface area (Å²) in [5, 5.41) is 8.71. The lowest BCUT2D eigenvalue weighted by molar-refractivity contribution is -0.161. The van der Waals surface area contributed by atoms with Gasteiger partial charge in [-0.15, -0.1) is 0 Å². The second-order valence-corrected chi connectivity index (χ2v) is 2.78. The van der Waals surface area contributed by atoms with Crippen molar-refractivity contribution in [2.45, 2.75) is 19.4 Å². The van der Waals surface area contributed by atoms with Crippen LogP contribution in [-0.4, -0.2) is 36.4 Å². The summed E-state index contributed by atoms with van der Waals surface area (Å²) in [5.41, 5.74) is 0. The Hall–Kier alpha value is -1.10. The van der Waals surface area contributed by atoms with Crippen molar-refractivity contribution < 1.29 is 24.2 Å². The molecule has 0 aliphatic carbocycles. The van der Waals surface area contributed by atoms with Crippen molar-refractivity contribution in [3.63, 3.8) is 0 Å². The van der Waals surface area contributed by atoms with Crippen LogP contribution in [0.1, 0.15) is 13.3 Å². The molecule has 74 valence electrons. The van der Waals surface area contributed by atoms with Gasteiger partial charge in [0.25, 0.3) is 0 Å². The molecule has 1 N–H and O–H groups in total. The number of carbonyl (C=O) groups is 2. The lowest BCUT2D eigenvalue weighted by Crippen LogP contribution is -2.33. The van der Waals surface area contributed by atoms with Crippen molar-refractivity contribution in [2.75, 3.05) is 13.2 Å². The second kappa shape index (κ2) is 4.23. The molecule has 0 spiro atoms. The third-order valence-corrected chi connectivity index (χ3v) is 1.93. The zero-order valence-corrected chi connectivity index (χ0v) is 7.36. The van der Waals surface area contributed by atoms with E-state index in [2.05, 4.69) is 4.74 Å². The maximum absolute atomic E-state index is 11.1. The summed E-state index contributed by atoms with van der Waals surface area (Å²) >= 11 is 0. The van der Waals surface area contributed by atoms with Gasteiger partial charge in [0.05, 0.1) is 12.5 Å². The summed E-state index contributed by atoms with van der Waals surface area (Å²) in [6.07, 6.45) is -0.545. The minimum Gasteiger partial charge on any atom is -0.481 e. The number of rotatable bonds is 3. The minimum atomic E-state index is -1.00. The fourth-order valence-electron chi connectivity index (χ4n) is 1.30. The van der Waals surface area contributed by atoms with Crippen LogP contribution in [0.25, 0.3) is 0 Å². The van der Waals surface area contributed by atoms with Gasteiger partial charge in [0, 0.05) is 6.61 Å². The van der Waals surface area contributed by atoms with Gasteiger partial charge >= 0.3 is 11.9 Å². The highest BCUT2D eigenvalue weighted by Gasteiger charge is 2.40. The van der Waals surface area contributed by atoms with E-state index in [-0.39, 0.29) is 6.61 Å². The van der Waals surface area contributed by atoms with Crippen LogP contribution in [0.15, 0.2) is 0 Å². The van der Waals surface area contributed by atoms with E-state index in [4.69, 9.17) is 9.84 Å². The molecule has 0 aromatic heterocycles. The molecular weight excluding hydrogens is 176 g/mol. The highest BCUT2D eigenvalue weighted by Crippen LogP contribution is 2.22. The highest BCUT2D eigenvalue weighted by molar-refractivity contribution is 5.83. The van der Waals surface area contributed by atoms with E-state index in [0.717, 1.165) is 0 Å². The molecule has 5 heteroatoms. The Morgan fingerprint density at radius 1 is 1.62 bits per heavy atom. The lowest BCUT2D eigenvalue weighted by atomic mass is 10.0. The van der Waals surface area contributed by atoms with Crippen molar-refractivity contribution in [3.05, 3.63) is 0 Å². The molecule has 1 heterocycles. The molecule has 1 aliphatic rings. The van der Waals surface area contributed by atoms with Crippen LogP contribution in [0.3, 0.4) is 0 Å². The molecule has 2 atom stereocenters. The van der Waals surface area contributed by atoms with E-state index in [0.29, 0.717) is 13.0 Å². The first kappa shape index (κ1) is 9.98. The number of esters is 1. The molecular formula is C8H12O5. The van der Waals surface area contributed by atoms with Gasteiger partial charge in [0.1, 0.15) is 0 Å². The van der Waals surface area contributed by atoms with Gasteiger partial charge in [-0.1, -0.05) is 0 Å². The predicted molar refractivity (Wildman–Crippen MR) is 42.1 cm³/mol. The smallest absolute Gasteiger partial charge is 0.336 e. The van der Waals surface area contributed by atoms with E-state index in [9.17, 15) is 9.59 Å². The Morgan fingerprint density at radius 3 is 2.85 bits per heavy atom. The van der Waals surface area contributed by atoms with Crippen LogP contribution in [-0.2, 0) is 19.1 Å². The zero-order valence-electron chi connectivity index (χ0n) is 7.36. The van der Waals surface area contributed by atoms with E-state index in [1.54, 1.807) is 6.92 Å². The molecule has 0 radical (unpaired) electrons. The average Bonchev–Trinajstić information content (AvgIpc) is 2.52. The third-order valence-electron chi connectivity index (χ3n) is 1.93. The standard InChI is InChI=1S/C8H12O5/c1-2-12-8(11)6-5(7(9)10)3-4-13-6/h5-6H,2-4H2,1H3,(H,9,10). The molecule has 13 heavy (non-hydrogen) atoms. The predicted octanol–water partition coefficient (Wildman–Crippen LogP) is 0.0392. The minimum absolute atomic E-state index is 0.241. The monoisotopic (exact) mass is 188 g/mol. The first-order valence-electron chi connectivity index (χ1n) is 4.18. The fourth-order valence-corrected chi connectivity index (χ4v) is 1.30. The quantitative estimate of drug-likeness (QED) is 0.633. The SMILES string of the molecule is CCOC(=O)C1OCCC1C(=O)O. The Bertz CT molecular complexity index is 213. The molecule has 1 rings (SSSR count). The number of carboxylic acids is 1. The number of aliphatic carboxylic acids is 1. The highest BCUT2D eigenvalue weighted by atomic mass is 16.6. The summed E-state index contributed by atoms with van der Waals surface area (Å²) in [4.78, 5) is 21.8. The van der Waals surface area contributed by atoms with Gasteiger partial charge in [-0.05, 0) is 13.3 Å². The van der Waals surface area contributed by atoms with Gasteiger partial charge < -0.3 is 14.6 Å². The molecule has 0 amide bonds. The van der Waals surface area contributed by atoms with Gasteiger partial charge in [0.2, 0.25) is 0 Å². The summed E-state index contributed by atoms with van der Waals surface area (Å²) in [6.45, 7) is 2.22. The normalized spacial score (nSPS) is 27.2. The number of hydrogen-bond acceptors (Lipinski definition) is 4. The largest absolute Gasteiger partial charge is 0.481 e. The van der Waals surface area contributed by atoms with E-state index in [1.165, 1.54) is 0 Å². The van der Waals surface area contributed by atoms with Gasteiger partial charge in [-0.2, -0.15) is 0 Å². The van der Waals surface area contributed by atoms with Crippen LogP contribution in [0, 0.1) is 5.92 Å². The first-order valence-corrected chi connectivity index (χ1v) is 4.18. The molecule has 0 saturated carbocycles. The fraction of sp³-hybridized carbons (Fsp3) is 0.750. The summed E-state index contributed by atoms with van der Waals surface area (Å²) in [7, 11) is 0. The summed E-state index contributed by atoms with van der Waals surface area (Å²) in [5.74, 6) is -2.33. The van der Waals surface area contributed by atoms with Crippen molar-refractivity contribution in [3.8, 4) is 0 Å². The number of hydrogen-bond donors (Lipinski definition) is 1. The molecule has 2 unspecified atom stereocenters. The Labute approximate surface area is 75.6 Å². The van der Waals surface area contributed by atoms with Crippen molar-refractivity contribution in [1.29, 1.82) is 0 Å². The van der Waals surface area contributed by atoms with Crippen LogP contribution >= 0.6 is 0 Å². The topological polar surface area (TPSA) is 72.8 Å². The van der Waals surface area contributed by atoms with E-state index >= 15 is 0 Å². The molecule has 0 bridgehead atoms. The van der Waals surface area contributed by atoms with Crippen LogP contribution in [0.4, 0.5) is 0 Å². The maximum Gasteiger partial charge on any atom is 0.336 e. The Morgan fingerprint density at radius 2 is 2.31 bits per heavy atom. The Balaban J connectivity index is 2.57. The van der Waals surface area contributed by atoms with Crippen molar-refractivity contribution >= 4 is 11.9 Å². The maximum atomic E-state index is 11.1. The first-order chi connectivity index (χ1) is 6.16. The molecule has 0 aromatic rings.